The van der Waals surface area contributed by atoms with E-state index in [0.29, 0.717) is 24.6 Å². The van der Waals surface area contributed by atoms with Gasteiger partial charge in [0.15, 0.2) is 11.5 Å². The van der Waals surface area contributed by atoms with E-state index in [9.17, 15) is 18.0 Å². The molecule has 1 fully saturated rings. The second kappa shape index (κ2) is 8.72. The van der Waals surface area contributed by atoms with Crippen LogP contribution in [0.5, 0.6) is 0 Å². The number of benzene rings is 1. The number of carbonyl (C=O) groups excluding carboxylic acids is 1. The molecule has 0 spiro atoms. The lowest BCUT2D eigenvalue weighted by molar-refractivity contribution is -0.153. The van der Waals surface area contributed by atoms with Gasteiger partial charge in [-0.3, -0.25) is 4.79 Å². The van der Waals surface area contributed by atoms with Crippen LogP contribution in [-0.2, 0) is 10.9 Å². The Bertz CT molecular complexity index is 1030. The van der Waals surface area contributed by atoms with E-state index in [1.54, 1.807) is 18.2 Å². The van der Waals surface area contributed by atoms with Crippen LogP contribution < -0.4 is 10.6 Å². The van der Waals surface area contributed by atoms with Gasteiger partial charge in [-0.25, -0.2) is 15.0 Å². The number of nitrogens with one attached hydrogen (secondary N) is 2. The van der Waals surface area contributed by atoms with E-state index in [4.69, 9.17) is 9.15 Å². The highest BCUT2D eigenvalue weighted by atomic mass is 19.4. The molecule has 1 aromatic carbocycles. The molecule has 2 N–H and O–H groups in total. The lowest BCUT2D eigenvalue weighted by Gasteiger charge is -2.23. The van der Waals surface area contributed by atoms with E-state index in [1.807, 2.05) is 0 Å². The van der Waals surface area contributed by atoms with Crippen molar-refractivity contribution in [1.82, 2.24) is 15.0 Å². The molecule has 162 valence electrons. The first kappa shape index (κ1) is 20.8. The van der Waals surface area contributed by atoms with Crippen molar-refractivity contribution in [3.8, 4) is 11.5 Å². The summed E-state index contributed by atoms with van der Waals surface area (Å²) in [4.78, 5) is 24.5. The fourth-order valence-corrected chi connectivity index (χ4v) is 3.06. The van der Waals surface area contributed by atoms with Gasteiger partial charge < -0.3 is 19.8 Å². The van der Waals surface area contributed by atoms with Gasteiger partial charge >= 0.3 is 6.18 Å². The summed E-state index contributed by atoms with van der Waals surface area (Å²) in [6.07, 6.45) is -0.582. The van der Waals surface area contributed by atoms with Crippen molar-refractivity contribution in [3.63, 3.8) is 0 Å². The molecule has 0 saturated carbocycles. The highest BCUT2D eigenvalue weighted by Crippen LogP contribution is 2.35. The number of alkyl halides is 3. The van der Waals surface area contributed by atoms with Crippen molar-refractivity contribution in [1.29, 1.82) is 0 Å². The van der Waals surface area contributed by atoms with Crippen LogP contribution in [0.1, 0.15) is 29.1 Å². The van der Waals surface area contributed by atoms with E-state index in [2.05, 4.69) is 25.6 Å². The Kier molecular flexibility index (Phi) is 5.85. The number of halogens is 3. The van der Waals surface area contributed by atoms with Crippen LogP contribution >= 0.6 is 0 Å². The number of oxazole rings is 1. The predicted molar refractivity (Wildman–Crippen MR) is 104 cm³/mol. The number of ether oxygens (including phenoxy) is 1. The third-order valence-corrected chi connectivity index (χ3v) is 4.59. The fraction of sp³-hybridized carbons (Fsp3) is 0.300. The van der Waals surface area contributed by atoms with Gasteiger partial charge in [-0.15, -0.1) is 0 Å². The molecule has 3 heterocycles. The average molecular weight is 433 g/mol. The summed E-state index contributed by atoms with van der Waals surface area (Å²) in [5, 5.41) is 5.48. The summed E-state index contributed by atoms with van der Waals surface area (Å²) in [5.74, 6) is -2.40. The minimum Gasteiger partial charge on any atom is -0.431 e. The quantitative estimate of drug-likeness (QED) is 0.627. The summed E-state index contributed by atoms with van der Waals surface area (Å²) in [6.45, 7) is 1.31. The third-order valence-electron chi connectivity index (χ3n) is 4.59. The van der Waals surface area contributed by atoms with Crippen LogP contribution in [0.4, 0.5) is 24.8 Å². The molecular formula is C20H18F3N5O3. The number of rotatable bonds is 5. The van der Waals surface area contributed by atoms with Crippen LogP contribution in [0.15, 0.2) is 47.1 Å². The number of amides is 1. The van der Waals surface area contributed by atoms with Gasteiger partial charge in [0.25, 0.3) is 5.91 Å². The molecule has 31 heavy (non-hydrogen) atoms. The topological polar surface area (TPSA) is 102 Å². The van der Waals surface area contributed by atoms with E-state index in [0.717, 1.165) is 12.8 Å². The lowest BCUT2D eigenvalue weighted by Crippen LogP contribution is -2.28. The monoisotopic (exact) mass is 433 g/mol. The molecule has 1 saturated heterocycles. The summed E-state index contributed by atoms with van der Waals surface area (Å²) < 4.78 is 50.3. The van der Waals surface area contributed by atoms with Crippen LogP contribution in [0.25, 0.3) is 11.5 Å². The maximum absolute atomic E-state index is 13.4. The van der Waals surface area contributed by atoms with Gasteiger partial charge in [0.2, 0.25) is 11.7 Å². The molecule has 0 radical (unpaired) electrons. The van der Waals surface area contributed by atoms with Gasteiger partial charge in [-0.2, -0.15) is 13.2 Å². The maximum atomic E-state index is 13.4. The smallest absolute Gasteiger partial charge is 0.431 e. The highest BCUT2D eigenvalue weighted by molar-refractivity contribution is 6.03. The first-order valence-electron chi connectivity index (χ1n) is 9.51. The van der Waals surface area contributed by atoms with Crippen molar-refractivity contribution >= 4 is 17.5 Å². The van der Waals surface area contributed by atoms with Gasteiger partial charge in [0.1, 0.15) is 5.82 Å². The molecule has 0 bridgehead atoms. The van der Waals surface area contributed by atoms with Crippen molar-refractivity contribution in [2.75, 3.05) is 23.8 Å². The second-order valence-corrected chi connectivity index (χ2v) is 6.83. The lowest BCUT2D eigenvalue weighted by atomic mass is 10.1. The van der Waals surface area contributed by atoms with E-state index >= 15 is 0 Å². The molecule has 4 rings (SSSR count). The Hall–Kier alpha value is -3.47. The van der Waals surface area contributed by atoms with E-state index in [1.165, 1.54) is 24.5 Å². The molecule has 1 amide bonds. The van der Waals surface area contributed by atoms with Crippen LogP contribution in [-0.4, -0.2) is 40.1 Å². The molecule has 2 aromatic heterocycles. The normalized spacial score (nSPS) is 14.9. The van der Waals surface area contributed by atoms with Gasteiger partial charge in [0, 0.05) is 24.8 Å². The van der Waals surface area contributed by atoms with E-state index < -0.39 is 23.5 Å². The summed E-state index contributed by atoms with van der Waals surface area (Å²) >= 11 is 0. The van der Waals surface area contributed by atoms with Gasteiger partial charge in [-0.1, -0.05) is 18.2 Å². The predicted octanol–water partition coefficient (Wildman–Crippen LogP) is 3.99. The Labute approximate surface area is 174 Å². The standard InChI is InChI=1S/C20H18F3N5O3/c21-20(22,23)17-16(28-19(31-17)12-4-2-1-3-5-12)18(29)27-15-11-24-14(10-25-15)26-13-6-8-30-9-7-13/h1-5,10-11,13H,6-9H2,(H,24,26)(H,25,27,29). The van der Waals surface area contributed by atoms with Crippen molar-refractivity contribution < 1.29 is 27.1 Å². The minimum atomic E-state index is -4.89. The number of carbonyl (C=O) groups is 1. The minimum absolute atomic E-state index is 0.0140. The fourth-order valence-electron chi connectivity index (χ4n) is 3.06. The van der Waals surface area contributed by atoms with Crippen LogP contribution in [0.3, 0.4) is 0 Å². The van der Waals surface area contributed by atoms with Gasteiger partial charge in [0.05, 0.1) is 12.4 Å². The summed E-state index contributed by atoms with van der Waals surface area (Å²) in [7, 11) is 0. The highest BCUT2D eigenvalue weighted by Gasteiger charge is 2.42. The zero-order chi connectivity index (χ0) is 21.8. The molecular weight excluding hydrogens is 415 g/mol. The molecule has 3 aromatic rings. The number of nitrogens with zero attached hydrogens (tertiary/aromatic N) is 3. The summed E-state index contributed by atoms with van der Waals surface area (Å²) in [6, 6.07) is 8.21. The molecule has 1 aliphatic rings. The van der Waals surface area contributed by atoms with Crippen molar-refractivity contribution in [2.24, 2.45) is 0 Å². The molecule has 11 heteroatoms. The van der Waals surface area contributed by atoms with E-state index in [-0.39, 0.29) is 17.8 Å². The Morgan fingerprint density at radius 2 is 1.71 bits per heavy atom. The number of aromatic nitrogens is 3. The van der Waals surface area contributed by atoms with Gasteiger partial charge in [-0.05, 0) is 25.0 Å². The molecule has 0 unspecified atom stereocenters. The zero-order valence-corrected chi connectivity index (χ0v) is 16.1. The number of hydrogen-bond donors (Lipinski definition) is 2. The number of anilines is 2. The third kappa shape index (κ3) is 5.00. The Morgan fingerprint density at radius 3 is 2.35 bits per heavy atom. The van der Waals surface area contributed by atoms with Crippen molar-refractivity contribution in [2.45, 2.75) is 25.1 Å². The first-order valence-corrected chi connectivity index (χ1v) is 9.51. The first-order chi connectivity index (χ1) is 14.9. The Balaban J connectivity index is 1.50. The second-order valence-electron chi connectivity index (χ2n) is 6.83. The van der Waals surface area contributed by atoms with Crippen LogP contribution in [0, 0.1) is 0 Å². The average Bonchev–Trinajstić information content (AvgIpc) is 3.23. The number of hydrogen-bond acceptors (Lipinski definition) is 7. The zero-order valence-electron chi connectivity index (χ0n) is 16.1. The largest absolute Gasteiger partial charge is 0.452 e. The summed E-state index contributed by atoms with van der Waals surface area (Å²) in [5.41, 5.74) is -0.562. The molecule has 8 nitrogen and oxygen atoms in total. The Morgan fingerprint density at radius 1 is 1.03 bits per heavy atom. The SMILES string of the molecule is O=C(Nc1cnc(NC2CCOCC2)cn1)c1nc(-c2ccccc2)oc1C(F)(F)F. The van der Waals surface area contributed by atoms with Crippen molar-refractivity contribution in [3.05, 3.63) is 54.2 Å². The maximum Gasteiger partial charge on any atom is 0.452 e. The molecule has 0 atom stereocenters. The molecule has 0 aliphatic carbocycles. The molecule has 1 aliphatic heterocycles. The van der Waals surface area contributed by atoms with Crippen LogP contribution in [0.2, 0.25) is 0 Å².